The van der Waals surface area contributed by atoms with Crippen molar-refractivity contribution in [2.75, 3.05) is 38.6 Å². The van der Waals surface area contributed by atoms with Gasteiger partial charge in [0.25, 0.3) is 0 Å². The van der Waals surface area contributed by atoms with E-state index in [1.54, 1.807) is 0 Å². The first-order valence-electron chi connectivity index (χ1n) is 6.75. The molecular formula is C15H22N4. The number of benzene rings is 1. The summed E-state index contributed by atoms with van der Waals surface area (Å²) in [5, 5.41) is 12.5. The third-order valence-electron chi connectivity index (χ3n) is 3.54. The molecule has 0 amide bonds. The normalized spacial score (nSPS) is 23.4. The van der Waals surface area contributed by atoms with Crippen LogP contribution in [0.25, 0.3) is 0 Å². The van der Waals surface area contributed by atoms with Gasteiger partial charge in [-0.15, -0.1) is 0 Å². The van der Waals surface area contributed by atoms with Crippen LogP contribution in [-0.4, -0.2) is 50.7 Å². The van der Waals surface area contributed by atoms with Crippen LogP contribution in [-0.2, 0) is 0 Å². The summed E-state index contributed by atoms with van der Waals surface area (Å²) in [6.07, 6.45) is 0. The van der Waals surface area contributed by atoms with Gasteiger partial charge in [0.2, 0.25) is 0 Å². The Morgan fingerprint density at radius 1 is 1.42 bits per heavy atom. The second-order valence-corrected chi connectivity index (χ2v) is 5.49. The molecule has 1 fully saturated rings. The minimum absolute atomic E-state index is 0.438. The third kappa shape index (κ3) is 3.25. The van der Waals surface area contributed by atoms with Gasteiger partial charge in [-0.2, -0.15) is 5.26 Å². The number of piperazine rings is 1. The average molecular weight is 258 g/mol. The number of anilines is 1. The van der Waals surface area contributed by atoms with E-state index in [4.69, 9.17) is 5.26 Å². The molecule has 1 saturated heterocycles. The zero-order chi connectivity index (χ0) is 13.8. The van der Waals surface area contributed by atoms with Crippen LogP contribution < -0.4 is 10.2 Å². The topological polar surface area (TPSA) is 42.3 Å². The van der Waals surface area contributed by atoms with Crippen LogP contribution in [0.3, 0.4) is 0 Å². The second kappa shape index (κ2) is 6.05. The van der Waals surface area contributed by atoms with E-state index in [1.165, 1.54) is 0 Å². The van der Waals surface area contributed by atoms with Crippen molar-refractivity contribution in [1.29, 1.82) is 5.26 Å². The zero-order valence-electron chi connectivity index (χ0n) is 11.9. The first-order chi connectivity index (χ1) is 9.11. The number of nitrogens with one attached hydrogen (secondary N) is 1. The summed E-state index contributed by atoms with van der Waals surface area (Å²) in [5.74, 6) is 0. The van der Waals surface area contributed by atoms with Crippen LogP contribution in [0.2, 0.25) is 0 Å². The number of hydrogen-bond donors (Lipinski definition) is 1. The standard InChI is InChI=1S/C15H22N4/c1-12-9-17-10-15(11-18(2)3)19(12)14-6-4-5-13(7-14)8-16/h4-7,12,15,17H,9-11H2,1-3H3. The van der Waals surface area contributed by atoms with Crippen LogP contribution in [0.1, 0.15) is 12.5 Å². The van der Waals surface area contributed by atoms with Crippen LogP contribution >= 0.6 is 0 Å². The quantitative estimate of drug-likeness (QED) is 0.887. The van der Waals surface area contributed by atoms with E-state index in [-0.39, 0.29) is 0 Å². The van der Waals surface area contributed by atoms with E-state index in [1.807, 2.05) is 18.2 Å². The Hall–Kier alpha value is -1.57. The van der Waals surface area contributed by atoms with Gasteiger partial charge in [0.1, 0.15) is 0 Å². The number of rotatable bonds is 3. The van der Waals surface area contributed by atoms with Gasteiger partial charge in [-0.1, -0.05) is 6.07 Å². The van der Waals surface area contributed by atoms with Crippen molar-refractivity contribution in [1.82, 2.24) is 10.2 Å². The van der Waals surface area contributed by atoms with Crippen molar-refractivity contribution < 1.29 is 0 Å². The molecule has 1 aromatic carbocycles. The van der Waals surface area contributed by atoms with E-state index in [2.05, 4.69) is 48.3 Å². The molecule has 0 aromatic heterocycles. The predicted molar refractivity (Wildman–Crippen MR) is 78.3 cm³/mol. The molecule has 0 aliphatic carbocycles. The molecule has 4 heteroatoms. The van der Waals surface area contributed by atoms with Crippen molar-refractivity contribution in [3.05, 3.63) is 29.8 Å². The highest BCUT2D eigenvalue weighted by Crippen LogP contribution is 2.23. The SMILES string of the molecule is CC1CNCC(CN(C)C)N1c1cccc(C#N)c1. The molecule has 2 atom stereocenters. The molecule has 4 nitrogen and oxygen atoms in total. The molecule has 1 aliphatic heterocycles. The highest BCUT2D eigenvalue weighted by Gasteiger charge is 2.28. The maximum atomic E-state index is 9.05. The Kier molecular flexibility index (Phi) is 4.41. The smallest absolute Gasteiger partial charge is 0.0992 e. The summed E-state index contributed by atoms with van der Waals surface area (Å²) < 4.78 is 0. The summed E-state index contributed by atoms with van der Waals surface area (Å²) in [4.78, 5) is 4.66. The molecule has 19 heavy (non-hydrogen) atoms. The molecule has 2 rings (SSSR count). The van der Waals surface area contributed by atoms with Gasteiger partial charge < -0.3 is 15.1 Å². The highest BCUT2D eigenvalue weighted by molar-refractivity contribution is 5.53. The molecule has 1 heterocycles. The van der Waals surface area contributed by atoms with Crippen molar-refractivity contribution in [2.45, 2.75) is 19.0 Å². The van der Waals surface area contributed by atoms with Crippen LogP contribution in [0.4, 0.5) is 5.69 Å². The second-order valence-electron chi connectivity index (χ2n) is 5.49. The summed E-state index contributed by atoms with van der Waals surface area (Å²) >= 11 is 0. The van der Waals surface area contributed by atoms with Crippen LogP contribution in [0, 0.1) is 11.3 Å². The van der Waals surface area contributed by atoms with E-state index in [0.29, 0.717) is 12.1 Å². The number of likely N-dealkylation sites (N-methyl/N-ethyl adjacent to an activating group) is 1. The molecular weight excluding hydrogens is 236 g/mol. The van der Waals surface area contributed by atoms with Gasteiger partial charge >= 0.3 is 0 Å². The molecule has 0 saturated carbocycles. The van der Waals surface area contributed by atoms with Gasteiger partial charge in [0.05, 0.1) is 17.7 Å². The molecule has 1 aromatic rings. The Balaban J connectivity index is 2.28. The fraction of sp³-hybridized carbons (Fsp3) is 0.533. The lowest BCUT2D eigenvalue weighted by molar-refractivity contribution is 0.316. The van der Waals surface area contributed by atoms with Gasteiger partial charge in [0, 0.05) is 31.4 Å². The number of nitrogens with zero attached hydrogens (tertiary/aromatic N) is 3. The average Bonchev–Trinajstić information content (AvgIpc) is 2.38. The zero-order valence-corrected chi connectivity index (χ0v) is 11.9. The Bertz CT molecular complexity index is 463. The van der Waals surface area contributed by atoms with Crippen LogP contribution in [0.5, 0.6) is 0 Å². The molecule has 1 aliphatic rings. The minimum atomic E-state index is 0.438. The lowest BCUT2D eigenvalue weighted by atomic mass is 10.1. The third-order valence-corrected chi connectivity index (χ3v) is 3.54. The van der Waals surface area contributed by atoms with E-state index in [9.17, 15) is 0 Å². The molecule has 102 valence electrons. The summed E-state index contributed by atoms with van der Waals surface area (Å²) in [5.41, 5.74) is 1.88. The van der Waals surface area contributed by atoms with Crippen LogP contribution in [0.15, 0.2) is 24.3 Å². The predicted octanol–water partition coefficient (Wildman–Crippen LogP) is 1.29. The Morgan fingerprint density at radius 3 is 2.89 bits per heavy atom. The van der Waals surface area contributed by atoms with Crippen molar-refractivity contribution in [3.8, 4) is 6.07 Å². The fourth-order valence-electron chi connectivity index (χ4n) is 2.79. The molecule has 2 unspecified atom stereocenters. The molecule has 0 spiro atoms. The minimum Gasteiger partial charge on any atom is -0.362 e. The Labute approximate surface area is 115 Å². The van der Waals surface area contributed by atoms with Crippen molar-refractivity contribution in [2.24, 2.45) is 0 Å². The molecule has 1 N–H and O–H groups in total. The van der Waals surface area contributed by atoms with Gasteiger partial charge in [-0.25, -0.2) is 0 Å². The largest absolute Gasteiger partial charge is 0.362 e. The maximum Gasteiger partial charge on any atom is 0.0992 e. The highest BCUT2D eigenvalue weighted by atomic mass is 15.3. The summed E-state index contributed by atoms with van der Waals surface area (Å²) in [6, 6.07) is 11.0. The first-order valence-corrected chi connectivity index (χ1v) is 6.75. The number of nitriles is 1. The molecule has 0 radical (unpaired) electrons. The Morgan fingerprint density at radius 2 is 2.21 bits per heavy atom. The van der Waals surface area contributed by atoms with E-state index < -0.39 is 0 Å². The molecule has 0 bridgehead atoms. The van der Waals surface area contributed by atoms with E-state index in [0.717, 1.165) is 30.9 Å². The van der Waals surface area contributed by atoms with E-state index >= 15 is 0 Å². The van der Waals surface area contributed by atoms with Gasteiger partial charge in [0.15, 0.2) is 0 Å². The monoisotopic (exact) mass is 258 g/mol. The number of hydrogen-bond acceptors (Lipinski definition) is 4. The van der Waals surface area contributed by atoms with Crippen molar-refractivity contribution in [3.63, 3.8) is 0 Å². The van der Waals surface area contributed by atoms with Gasteiger partial charge in [-0.3, -0.25) is 0 Å². The summed E-state index contributed by atoms with van der Waals surface area (Å²) in [6.45, 7) is 5.21. The fourth-order valence-corrected chi connectivity index (χ4v) is 2.79. The summed E-state index contributed by atoms with van der Waals surface area (Å²) in [7, 11) is 4.20. The van der Waals surface area contributed by atoms with Gasteiger partial charge in [-0.05, 0) is 39.2 Å². The lowest BCUT2D eigenvalue weighted by Gasteiger charge is -2.44. The lowest BCUT2D eigenvalue weighted by Crippen LogP contribution is -2.59. The first kappa shape index (κ1) is 13.9. The maximum absolute atomic E-state index is 9.05. The van der Waals surface area contributed by atoms with Crippen molar-refractivity contribution >= 4 is 5.69 Å².